The Kier molecular flexibility index (Phi) is 6.84. The van der Waals surface area contributed by atoms with Crippen molar-refractivity contribution in [1.29, 1.82) is 0 Å². The van der Waals surface area contributed by atoms with Crippen molar-refractivity contribution in [2.75, 3.05) is 33.2 Å². The molecule has 0 bridgehead atoms. The van der Waals surface area contributed by atoms with Gasteiger partial charge in [0.2, 0.25) is 11.7 Å². The van der Waals surface area contributed by atoms with Crippen LogP contribution in [0.5, 0.6) is 0 Å². The van der Waals surface area contributed by atoms with Gasteiger partial charge in [0.05, 0.1) is 19.3 Å². The van der Waals surface area contributed by atoms with Gasteiger partial charge in [0.15, 0.2) is 5.70 Å². The molecule has 1 aliphatic carbocycles. The predicted molar refractivity (Wildman–Crippen MR) is 167 cm³/mol. The van der Waals surface area contributed by atoms with Crippen LogP contribution in [0.25, 0.3) is 5.70 Å². The number of hydrogen-bond donors (Lipinski definition) is 1. The lowest BCUT2D eigenvalue weighted by Gasteiger charge is -2.41. The van der Waals surface area contributed by atoms with Gasteiger partial charge in [-0.3, -0.25) is 14.7 Å². The number of quaternary nitrogens is 1. The first-order valence-electron chi connectivity index (χ1n) is 14.9. The molecule has 3 aliphatic heterocycles. The summed E-state index contributed by atoms with van der Waals surface area (Å²) < 4.78 is 0.361. The lowest BCUT2D eigenvalue weighted by molar-refractivity contribution is -0.721. The Morgan fingerprint density at radius 3 is 2.17 bits per heavy atom. The zero-order chi connectivity index (χ0) is 28.7. The van der Waals surface area contributed by atoms with Crippen LogP contribution in [-0.4, -0.2) is 71.5 Å². The summed E-state index contributed by atoms with van der Waals surface area (Å²) in [5.41, 5.74) is 7.55. The number of rotatable bonds is 5. The molecule has 2 atom stereocenters. The molecule has 1 fully saturated rings. The van der Waals surface area contributed by atoms with Crippen LogP contribution in [0.2, 0.25) is 0 Å². The Morgan fingerprint density at radius 2 is 1.50 bits per heavy atom. The van der Waals surface area contributed by atoms with Crippen LogP contribution < -0.4 is 5.32 Å². The van der Waals surface area contributed by atoms with Gasteiger partial charge in [0.25, 0.3) is 5.84 Å². The van der Waals surface area contributed by atoms with Gasteiger partial charge in [0, 0.05) is 31.7 Å². The largest absolute Gasteiger partial charge is 0.338 e. The maximum Gasteiger partial charge on any atom is 0.258 e. The summed E-state index contributed by atoms with van der Waals surface area (Å²) in [6.45, 7) is 5.05. The van der Waals surface area contributed by atoms with E-state index in [1.54, 1.807) is 12.4 Å². The Labute approximate surface area is 247 Å². The molecule has 1 amide bonds. The maximum atomic E-state index is 13.9. The van der Waals surface area contributed by atoms with Gasteiger partial charge in [-0.2, -0.15) is 9.48 Å². The number of carbonyl (C=O) groups is 1. The highest BCUT2D eigenvalue weighted by molar-refractivity contribution is 6.29. The minimum absolute atomic E-state index is 0.117. The summed E-state index contributed by atoms with van der Waals surface area (Å²) in [5.74, 6) is 1.84. The zero-order valence-corrected chi connectivity index (χ0v) is 24.3. The van der Waals surface area contributed by atoms with Gasteiger partial charge < -0.3 is 10.2 Å². The molecule has 0 aromatic heterocycles. The fourth-order valence-electron chi connectivity index (χ4n) is 6.82. The maximum absolute atomic E-state index is 13.9. The van der Waals surface area contributed by atoms with E-state index in [2.05, 4.69) is 82.9 Å². The lowest BCUT2D eigenvalue weighted by Crippen LogP contribution is -2.56. The van der Waals surface area contributed by atoms with Crippen molar-refractivity contribution in [3.8, 4) is 0 Å². The number of piperazine rings is 1. The third-order valence-electron chi connectivity index (χ3n) is 9.16. The van der Waals surface area contributed by atoms with Crippen LogP contribution in [0, 0.1) is 0 Å². The zero-order valence-electron chi connectivity index (χ0n) is 24.3. The second-order valence-electron chi connectivity index (χ2n) is 11.7. The highest BCUT2D eigenvalue weighted by Gasteiger charge is 2.44. The molecule has 0 radical (unpaired) electrons. The van der Waals surface area contributed by atoms with E-state index in [1.165, 1.54) is 22.3 Å². The molecule has 7 nitrogen and oxygen atoms in total. The number of amides is 1. The Balaban J connectivity index is 1.09. The molecule has 212 valence electrons. The molecule has 0 saturated carbocycles. The van der Waals surface area contributed by atoms with Gasteiger partial charge in [-0.1, -0.05) is 78.9 Å². The minimum Gasteiger partial charge on any atom is -0.338 e. The number of nitrogens with zero attached hydrogens (tertiary/aromatic N) is 5. The van der Waals surface area contributed by atoms with Crippen LogP contribution in [0.3, 0.4) is 0 Å². The SMILES string of the molecule is CC(NC1=C(c2ccccc2)N=C2C=NC=C[N+]21C)C(=O)N1CCN(C2c3ccccc3CCc3ccccc32)CC1. The van der Waals surface area contributed by atoms with Crippen molar-refractivity contribution in [2.24, 2.45) is 9.98 Å². The Bertz CT molecular complexity index is 1580. The first-order valence-corrected chi connectivity index (χ1v) is 14.9. The molecule has 4 aliphatic rings. The first kappa shape index (κ1) is 26.6. The Hall–Kier alpha value is -4.33. The molecule has 7 heteroatoms. The summed E-state index contributed by atoms with van der Waals surface area (Å²) in [6.07, 6.45) is 7.73. The molecule has 42 heavy (non-hydrogen) atoms. The molecule has 3 aromatic rings. The van der Waals surface area contributed by atoms with Crippen molar-refractivity contribution >= 4 is 23.7 Å². The predicted octanol–water partition coefficient (Wildman–Crippen LogP) is 4.74. The summed E-state index contributed by atoms with van der Waals surface area (Å²) in [6, 6.07) is 27.8. The molecule has 1 N–H and O–H groups in total. The van der Waals surface area contributed by atoms with E-state index in [1.807, 2.05) is 36.2 Å². The van der Waals surface area contributed by atoms with E-state index in [4.69, 9.17) is 4.99 Å². The molecule has 1 saturated heterocycles. The van der Waals surface area contributed by atoms with E-state index in [0.717, 1.165) is 48.8 Å². The smallest absolute Gasteiger partial charge is 0.258 e. The summed E-state index contributed by atoms with van der Waals surface area (Å²) in [4.78, 5) is 27.7. The van der Waals surface area contributed by atoms with Gasteiger partial charge >= 0.3 is 0 Å². The number of fused-ring (bicyclic) bond motifs is 3. The van der Waals surface area contributed by atoms with Crippen LogP contribution in [0.4, 0.5) is 0 Å². The number of aryl methyl sites for hydroxylation is 2. The van der Waals surface area contributed by atoms with Gasteiger partial charge in [-0.25, -0.2) is 0 Å². The van der Waals surface area contributed by atoms with E-state index >= 15 is 0 Å². The molecular weight excluding hydrogens is 520 g/mol. The normalized spacial score (nSPS) is 22.6. The monoisotopic (exact) mass is 557 g/mol. The quantitative estimate of drug-likeness (QED) is 0.461. The molecule has 2 unspecified atom stereocenters. The highest BCUT2D eigenvalue weighted by Crippen LogP contribution is 2.38. The van der Waals surface area contributed by atoms with Gasteiger partial charge in [-0.15, -0.1) is 0 Å². The summed E-state index contributed by atoms with van der Waals surface area (Å²) in [5, 5.41) is 3.59. The molecule has 3 heterocycles. The van der Waals surface area contributed by atoms with Crippen LogP contribution in [0.15, 0.2) is 107 Å². The minimum atomic E-state index is -0.402. The van der Waals surface area contributed by atoms with Crippen molar-refractivity contribution in [1.82, 2.24) is 15.1 Å². The number of benzene rings is 3. The molecule has 3 aromatic carbocycles. The Morgan fingerprint density at radius 1 is 0.881 bits per heavy atom. The van der Waals surface area contributed by atoms with Crippen molar-refractivity contribution in [3.05, 3.63) is 125 Å². The fraction of sp³-hybridized carbons (Fsp3) is 0.286. The van der Waals surface area contributed by atoms with Crippen molar-refractivity contribution < 1.29 is 9.28 Å². The second-order valence-corrected chi connectivity index (χ2v) is 11.7. The van der Waals surface area contributed by atoms with Crippen LogP contribution in [0.1, 0.15) is 40.8 Å². The standard InChI is InChI=1S/C35H37N6O/c1-25(37-34-32(28-12-4-3-5-13-28)38-31-24-36-18-23-41(31,34)2)35(42)40-21-19-39(20-22-40)33-29-14-8-6-10-26(29)16-17-27-11-7-9-15-30(27)33/h3-15,18,23-25,33,37H,16-17,19-22H2,1-2H3/q+1. The lowest BCUT2D eigenvalue weighted by atomic mass is 9.92. The van der Waals surface area contributed by atoms with E-state index in [9.17, 15) is 4.79 Å². The third-order valence-corrected chi connectivity index (χ3v) is 9.16. The molecular formula is C35H37N6O+. The average molecular weight is 558 g/mol. The van der Waals surface area contributed by atoms with Crippen molar-refractivity contribution in [3.63, 3.8) is 0 Å². The molecule has 7 rings (SSSR count). The van der Waals surface area contributed by atoms with Crippen LogP contribution in [-0.2, 0) is 17.6 Å². The second kappa shape index (κ2) is 10.8. The highest BCUT2D eigenvalue weighted by atomic mass is 16.2. The number of aliphatic imine (C=N–C) groups is 2. The van der Waals surface area contributed by atoms with Crippen molar-refractivity contribution in [2.45, 2.75) is 31.8 Å². The van der Waals surface area contributed by atoms with Gasteiger partial charge in [-0.05, 0) is 42.0 Å². The third kappa shape index (κ3) is 4.59. The van der Waals surface area contributed by atoms with Crippen LogP contribution >= 0.6 is 0 Å². The van der Waals surface area contributed by atoms with E-state index in [-0.39, 0.29) is 11.9 Å². The average Bonchev–Trinajstić information content (AvgIpc) is 3.22. The van der Waals surface area contributed by atoms with E-state index < -0.39 is 6.04 Å². The fourth-order valence-corrected chi connectivity index (χ4v) is 6.82. The number of hydrogen-bond acceptors (Lipinski definition) is 5. The first-order chi connectivity index (χ1) is 20.5. The van der Waals surface area contributed by atoms with E-state index in [0.29, 0.717) is 17.6 Å². The summed E-state index contributed by atoms with van der Waals surface area (Å²) >= 11 is 0. The molecule has 0 spiro atoms. The number of carbonyl (C=O) groups excluding carboxylic acids is 1. The summed E-state index contributed by atoms with van der Waals surface area (Å²) in [7, 11) is 2.08. The van der Waals surface area contributed by atoms with Gasteiger partial charge in [0.1, 0.15) is 18.5 Å². The number of nitrogens with one attached hydrogen (secondary N) is 1. The number of amidine groups is 1. The topological polar surface area (TPSA) is 60.3 Å².